The fraction of sp³-hybridized carbons (Fsp3) is 0.231. The molecule has 17 heavy (non-hydrogen) atoms. The number of aromatic nitrogens is 2. The molecule has 1 aliphatic heterocycles. The van der Waals surface area contributed by atoms with Gasteiger partial charge in [-0.25, -0.2) is 4.79 Å². The maximum atomic E-state index is 11.4. The smallest absolute Gasteiger partial charge is 0.347 e. The lowest BCUT2D eigenvalue weighted by atomic mass is 10.1. The Morgan fingerprint density at radius 1 is 1.24 bits per heavy atom. The van der Waals surface area contributed by atoms with Gasteiger partial charge < -0.3 is 10.3 Å². The molecule has 0 radical (unpaired) electrons. The summed E-state index contributed by atoms with van der Waals surface area (Å²) in [5.74, 6) is 0.750. The third-order valence-corrected chi connectivity index (χ3v) is 3.01. The number of nitrogens with one attached hydrogen (secondary N) is 2. The number of nitrogens with zero attached hydrogens (tertiary/aromatic N) is 1. The lowest BCUT2D eigenvalue weighted by Crippen LogP contribution is -2.15. The Morgan fingerprint density at radius 2 is 2.06 bits per heavy atom. The summed E-state index contributed by atoms with van der Waals surface area (Å²) in [6.07, 6.45) is 1.68. The highest BCUT2D eigenvalue weighted by Gasteiger charge is 2.17. The number of anilines is 1. The predicted octanol–water partition coefficient (Wildman–Crippen LogP) is 1.33. The largest absolute Gasteiger partial charge is 0.369 e. The van der Waals surface area contributed by atoms with Crippen molar-refractivity contribution in [2.24, 2.45) is 0 Å². The summed E-state index contributed by atoms with van der Waals surface area (Å²) in [5.41, 5.74) is 3.05. The Labute approximate surface area is 98.7 Å². The Morgan fingerprint density at radius 3 is 2.88 bits per heavy atom. The first-order valence-corrected chi connectivity index (χ1v) is 5.73. The summed E-state index contributed by atoms with van der Waals surface area (Å²) in [4.78, 5) is 18.2. The molecule has 0 atom stereocenters. The number of aromatic amines is 1. The predicted molar refractivity (Wildman–Crippen MR) is 66.3 cm³/mol. The second-order valence-corrected chi connectivity index (χ2v) is 4.19. The first-order chi connectivity index (χ1) is 8.33. The van der Waals surface area contributed by atoms with Crippen molar-refractivity contribution in [3.05, 3.63) is 57.6 Å². The van der Waals surface area contributed by atoms with Crippen LogP contribution in [0.5, 0.6) is 0 Å². The molecule has 2 N–H and O–H groups in total. The topological polar surface area (TPSA) is 57.8 Å². The molecule has 3 rings (SSSR count). The van der Waals surface area contributed by atoms with E-state index in [-0.39, 0.29) is 5.69 Å². The number of fused-ring (bicyclic) bond motifs is 1. The van der Waals surface area contributed by atoms with Crippen molar-refractivity contribution in [1.82, 2.24) is 9.97 Å². The molecule has 0 aliphatic carbocycles. The van der Waals surface area contributed by atoms with Crippen molar-refractivity contribution in [3.8, 4) is 0 Å². The van der Waals surface area contributed by atoms with Crippen molar-refractivity contribution in [2.45, 2.75) is 12.8 Å². The standard InChI is InChI=1S/C13H13N3O/c17-13-15-11(8-9-4-2-1-3-5-9)10-6-7-14-12(10)16-13/h1-5H,6-8H2,(H2,14,15,16,17). The minimum Gasteiger partial charge on any atom is -0.369 e. The summed E-state index contributed by atoms with van der Waals surface area (Å²) >= 11 is 0. The number of H-pyrrole nitrogens is 1. The summed E-state index contributed by atoms with van der Waals surface area (Å²) in [7, 11) is 0. The fourth-order valence-electron chi connectivity index (χ4n) is 2.22. The van der Waals surface area contributed by atoms with Gasteiger partial charge in [0.05, 0.1) is 0 Å². The number of rotatable bonds is 2. The second-order valence-electron chi connectivity index (χ2n) is 4.19. The lowest BCUT2D eigenvalue weighted by molar-refractivity contribution is 0.949. The normalized spacial score (nSPS) is 13.2. The van der Waals surface area contributed by atoms with E-state index in [9.17, 15) is 4.79 Å². The van der Waals surface area contributed by atoms with Crippen LogP contribution in [0.1, 0.15) is 16.8 Å². The van der Waals surface area contributed by atoms with E-state index in [0.29, 0.717) is 0 Å². The van der Waals surface area contributed by atoms with Gasteiger partial charge >= 0.3 is 5.69 Å². The van der Waals surface area contributed by atoms with Crippen LogP contribution in [0.4, 0.5) is 5.82 Å². The maximum Gasteiger partial charge on any atom is 0.347 e. The van der Waals surface area contributed by atoms with Crippen LogP contribution >= 0.6 is 0 Å². The highest BCUT2D eigenvalue weighted by molar-refractivity contribution is 5.51. The Kier molecular flexibility index (Phi) is 2.40. The molecule has 0 spiro atoms. The zero-order valence-electron chi connectivity index (χ0n) is 9.36. The molecular formula is C13H13N3O. The fourth-order valence-corrected chi connectivity index (χ4v) is 2.22. The Balaban J connectivity index is 2.01. The second kappa shape index (κ2) is 4.05. The van der Waals surface area contributed by atoms with E-state index in [4.69, 9.17) is 0 Å². The molecule has 0 saturated carbocycles. The van der Waals surface area contributed by atoms with E-state index >= 15 is 0 Å². The van der Waals surface area contributed by atoms with Gasteiger partial charge in [-0.1, -0.05) is 30.3 Å². The summed E-state index contributed by atoms with van der Waals surface area (Å²) in [5, 5.41) is 3.14. The molecule has 0 fully saturated rings. The van der Waals surface area contributed by atoms with Gasteiger partial charge in [-0.2, -0.15) is 4.98 Å². The van der Waals surface area contributed by atoms with Gasteiger partial charge in [-0.05, 0) is 12.0 Å². The van der Waals surface area contributed by atoms with Gasteiger partial charge in [0.15, 0.2) is 0 Å². The van der Waals surface area contributed by atoms with Gasteiger partial charge in [-0.3, -0.25) is 0 Å². The molecule has 2 heterocycles. The van der Waals surface area contributed by atoms with Crippen LogP contribution in [-0.4, -0.2) is 16.5 Å². The number of hydrogen-bond acceptors (Lipinski definition) is 3. The third kappa shape index (κ3) is 1.93. The molecule has 1 aliphatic rings. The van der Waals surface area contributed by atoms with Gasteiger partial charge in [0.25, 0.3) is 0 Å². The average Bonchev–Trinajstić information content (AvgIpc) is 2.78. The SMILES string of the molecule is O=c1nc2c(c(Cc3ccccc3)[nH]1)CCN2. The number of benzene rings is 1. The van der Waals surface area contributed by atoms with Crippen LogP contribution < -0.4 is 11.0 Å². The van der Waals surface area contributed by atoms with Crippen molar-refractivity contribution >= 4 is 5.82 Å². The first kappa shape index (κ1) is 10.1. The van der Waals surface area contributed by atoms with E-state index in [0.717, 1.165) is 36.5 Å². The van der Waals surface area contributed by atoms with Gasteiger partial charge in [0.2, 0.25) is 0 Å². The molecule has 4 nitrogen and oxygen atoms in total. The van der Waals surface area contributed by atoms with E-state index in [1.165, 1.54) is 5.56 Å². The zero-order chi connectivity index (χ0) is 11.7. The van der Waals surface area contributed by atoms with Crippen molar-refractivity contribution in [2.75, 3.05) is 11.9 Å². The average molecular weight is 227 g/mol. The molecule has 0 amide bonds. The Hall–Kier alpha value is -2.10. The summed E-state index contributed by atoms with van der Waals surface area (Å²) < 4.78 is 0. The van der Waals surface area contributed by atoms with Crippen LogP contribution in [-0.2, 0) is 12.8 Å². The van der Waals surface area contributed by atoms with Crippen molar-refractivity contribution in [1.29, 1.82) is 0 Å². The molecular weight excluding hydrogens is 214 g/mol. The highest BCUT2D eigenvalue weighted by atomic mass is 16.1. The molecule has 1 aromatic heterocycles. The Bertz CT molecular complexity index is 589. The maximum absolute atomic E-state index is 11.4. The van der Waals surface area contributed by atoms with Gasteiger partial charge in [0, 0.05) is 24.2 Å². The molecule has 0 unspecified atom stereocenters. The molecule has 2 aromatic rings. The van der Waals surface area contributed by atoms with E-state index in [1.54, 1.807) is 0 Å². The van der Waals surface area contributed by atoms with E-state index < -0.39 is 0 Å². The minimum absolute atomic E-state index is 0.274. The summed E-state index contributed by atoms with van der Waals surface area (Å²) in [6.45, 7) is 0.863. The quantitative estimate of drug-likeness (QED) is 0.813. The molecule has 0 saturated heterocycles. The highest BCUT2D eigenvalue weighted by Crippen LogP contribution is 2.21. The van der Waals surface area contributed by atoms with Crippen LogP contribution in [0.2, 0.25) is 0 Å². The monoisotopic (exact) mass is 227 g/mol. The molecule has 0 bridgehead atoms. The van der Waals surface area contributed by atoms with E-state index in [2.05, 4.69) is 27.4 Å². The van der Waals surface area contributed by atoms with Crippen LogP contribution in [0.15, 0.2) is 35.1 Å². The molecule has 1 aromatic carbocycles. The van der Waals surface area contributed by atoms with Gasteiger partial charge in [0.1, 0.15) is 5.82 Å². The number of hydrogen-bond donors (Lipinski definition) is 2. The first-order valence-electron chi connectivity index (χ1n) is 5.73. The van der Waals surface area contributed by atoms with Crippen LogP contribution in [0.25, 0.3) is 0 Å². The molecule has 4 heteroatoms. The van der Waals surface area contributed by atoms with E-state index in [1.807, 2.05) is 18.2 Å². The minimum atomic E-state index is -0.274. The third-order valence-electron chi connectivity index (χ3n) is 3.01. The van der Waals surface area contributed by atoms with Crippen LogP contribution in [0, 0.1) is 0 Å². The molecule has 86 valence electrons. The summed E-state index contributed by atoms with van der Waals surface area (Å²) in [6, 6.07) is 10.1. The lowest BCUT2D eigenvalue weighted by Gasteiger charge is -2.06. The van der Waals surface area contributed by atoms with Crippen molar-refractivity contribution in [3.63, 3.8) is 0 Å². The van der Waals surface area contributed by atoms with Crippen molar-refractivity contribution < 1.29 is 0 Å². The zero-order valence-corrected chi connectivity index (χ0v) is 9.36. The van der Waals surface area contributed by atoms with Gasteiger partial charge in [-0.15, -0.1) is 0 Å². The van der Waals surface area contributed by atoms with Crippen LogP contribution in [0.3, 0.4) is 0 Å².